The predicted molar refractivity (Wildman–Crippen MR) is 121 cm³/mol. The summed E-state index contributed by atoms with van der Waals surface area (Å²) in [5.41, 5.74) is 2.40. The van der Waals surface area contributed by atoms with Crippen LogP contribution in [-0.2, 0) is 9.53 Å². The monoisotopic (exact) mass is 434 g/mol. The molecule has 1 saturated heterocycles. The maximum atomic E-state index is 13.4. The summed E-state index contributed by atoms with van der Waals surface area (Å²) < 4.78 is 18.6. The molecule has 0 saturated carbocycles. The van der Waals surface area contributed by atoms with E-state index in [1.807, 2.05) is 35.2 Å². The molecule has 1 atom stereocenters. The molecule has 1 fully saturated rings. The van der Waals surface area contributed by atoms with Crippen molar-refractivity contribution in [2.45, 2.75) is 32.1 Å². The molecule has 4 rings (SSSR count). The average Bonchev–Trinajstić information content (AvgIpc) is 2.83. The third-order valence-corrected chi connectivity index (χ3v) is 6.26. The van der Waals surface area contributed by atoms with Crippen LogP contribution >= 0.6 is 0 Å². The number of ether oxygens (including phenoxy) is 1. The van der Waals surface area contributed by atoms with Crippen molar-refractivity contribution in [2.75, 3.05) is 19.7 Å². The molecule has 0 N–H and O–H groups in total. The van der Waals surface area contributed by atoms with Crippen molar-refractivity contribution in [1.82, 2.24) is 9.88 Å². The number of likely N-dealkylation sites (tertiary alicyclic amines) is 1. The van der Waals surface area contributed by atoms with Gasteiger partial charge in [0.05, 0.1) is 18.5 Å². The van der Waals surface area contributed by atoms with Gasteiger partial charge in [0.15, 0.2) is 0 Å². The van der Waals surface area contributed by atoms with E-state index in [4.69, 9.17) is 4.74 Å². The molecule has 1 aromatic heterocycles. The van der Waals surface area contributed by atoms with Crippen molar-refractivity contribution in [2.24, 2.45) is 5.92 Å². The Kier molecular flexibility index (Phi) is 6.78. The van der Waals surface area contributed by atoms with E-state index in [2.05, 4.69) is 4.98 Å². The van der Waals surface area contributed by atoms with Gasteiger partial charge in [-0.1, -0.05) is 24.3 Å². The van der Waals surface area contributed by atoms with Gasteiger partial charge < -0.3 is 9.64 Å². The lowest BCUT2D eigenvalue weighted by Gasteiger charge is -2.36. The van der Waals surface area contributed by atoms with Crippen LogP contribution in [0.3, 0.4) is 0 Å². The van der Waals surface area contributed by atoms with Crippen molar-refractivity contribution in [1.29, 1.82) is 0 Å². The zero-order chi connectivity index (χ0) is 22.5. The molecule has 0 spiro atoms. The van der Waals surface area contributed by atoms with Gasteiger partial charge in [-0.15, -0.1) is 0 Å². The molecule has 0 bridgehead atoms. The van der Waals surface area contributed by atoms with Gasteiger partial charge in [0.2, 0.25) is 0 Å². The van der Waals surface area contributed by atoms with Gasteiger partial charge in [0.25, 0.3) is 5.91 Å². The number of amides is 1. The van der Waals surface area contributed by atoms with Gasteiger partial charge in [0.1, 0.15) is 5.82 Å². The third kappa shape index (κ3) is 4.79. The number of benzene rings is 2. The highest BCUT2D eigenvalue weighted by molar-refractivity contribution is 6.06. The van der Waals surface area contributed by atoms with Crippen LogP contribution in [0.1, 0.15) is 48.0 Å². The topological polar surface area (TPSA) is 59.5 Å². The highest BCUT2D eigenvalue weighted by Crippen LogP contribution is 2.36. The molecule has 0 radical (unpaired) electrons. The molecule has 0 unspecified atom stereocenters. The first-order valence-corrected chi connectivity index (χ1v) is 11.1. The minimum Gasteiger partial charge on any atom is -0.466 e. The molecule has 0 aliphatic carbocycles. The van der Waals surface area contributed by atoms with Crippen LogP contribution < -0.4 is 0 Å². The Morgan fingerprint density at radius 2 is 1.84 bits per heavy atom. The van der Waals surface area contributed by atoms with Gasteiger partial charge in [-0.25, -0.2) is 4.39 Å². The van der Waals surface area contributed by atoms with Crippen LogP contribution in [0.5, 0.6) is 0 Å². The van der Waals surface area contributed by atoms with Gasteiger partial charge in [-0.05, 0) is 67.5 Å². The van der Waals surface area contributed by atoms with Crippen molar-refractivity contribution in [3.63, 3.8) is 0 Å². The zero-order valence-corrected chi connectivity index (χ0v) is 18.2. The molecule has 2 aromatic carbocycles. The number of aromatic nitrogens is 1. The number of carbonyl (C=O) groups is 2. The number of nitrogens with zero attached hydrogens (tertiary/aromatic N) is 2. The molecule has 6 heteroatoms. The normalized spacial score (nSPS) is 15.5. The van der Waals surface area contributed by atoms with E-state index in [1.165, 1.54) is 12.1 Å². The van der Waals surface area contributed by atoms with Crippen LogP contribution in [0, 0.1) is 11.7 Å². The maximum absolute atomic E-state index is 13.4. The number of halogens is 1. The largest absolute Gasteiger partial charge is 0.466 e. The van der Waals surface area contributed by atoms with Crippen molar-refractivity contribution < 1.29 is 18.7 Å². The lowest BCUT2D eigenvalue weighted by atomic mass is 9.78. The number of hydrogen-bond acceptors (Lipinski definition) is 4. The summed E-state index contributed by atoms with van der Waals surface area (Å²) in [5.74, 6) is -0.389. The molecular formula is C26H27FN2O3. The Morgan fingerprint density at radius 1 is 1.09 bits per heavy atom. The Bertz CT molecular complexity index is 1090. The Hall–Kier alpha value is -3.28. The second-order valence-electron chi connectivity index (χ2n) is 8.17. The first kappa shape index (κ1) is 21.9. The number of esters is 1. The zero-order valence-electron chi connectivity index (χ0n) is 18.2. The standard InChI is InChI=1S/C26H27FN2O3/c1-2-32-25(30)17-23(18-8-10-20(27)11-9-18)19-12-15-29(16-13-19)26(31)22-5-3-7-24-21(22)6-4-14-28-24/h3-11,14,19,23H,2,12-13,15-17H2,1H3/t23-/m1/s1. The maximum Gasteiger partial charge on any atom is 0.306 e. The molecule has 32 heavy (non-hydrogen) atoms. The van der Waals surface area contributed by atoms with E-state index in [0.717, 1.165) is 29.3 Å². The first-order chi connectivity index (χ1) is 15.6. The number of carbonyl (C=O) groups excluding carboxylic acids is 2. The predicted octanol–water partition coefficient (Wildman–Crippen LogP) is 4.96. The van der Waals surface area contributed by atoms with E-state index in [-0.39, 0.29) is 36.0 Å². The van der Waals surface area contributed by atoms with E-state index >= 15 is 0 Å². The van der Waals surface area contributed by atoms with Crippen LogP contribution in [0.4, 0.5) is 4.39 Å². The average molecular weight is 435 g/mol. The summed E-state index contributed by atoms with van der Waals surface area (Å²) in [4.78, 5) is 31.7. The molecule has 166 valence electrons. The Morgan fingerprint density at radius 3 is 2.56 bits per heavy atom. The summed E-state index contributed by atoms with van der Waals surface area (Å²) in [5, 5.41) is 0.855. The number of hydrogen-bond donors (Lipinski definition) is 0. The Labute approximate surface area is 187 Å². The number of piperidine rings is 1. The quantitative estimate of drug-likeness (QED) is 0.515. The highest BCUT2D eigenvalue weighted by atomic mass is 19.1. The van der Waals surface area contributed by atoms with Crippen LogP contribution in [0.25, 0.3) is 10.9 Å². The number of pyridine rings is 1. The van der Waals surface area contributed by atoms with Gasteiger partial charge >= 0.3 is 5.97 Å². The van der Waals surface area contributed by atoms with E-state index in [1.54, 1.807) is 25.3 Å². The molecule has 2 heterocycles. The van der Waals surface area contributed by atoms with Crippen LogP contribution in [-0.4, -0.2) is 41.5 Å². The second kappa shape index (κ2) is 9.90. The van der Waals surface area contributed by atoms with Gasteiger partial charge in [-0.3, -0.25) is 14.6 Å². The van der Waals surface area contributed by atoms with Crippen molar-refractivity contribution >= 4 is 22.8 Å². The molecule has 1 amide bonds. The smallest absolute Gasteiger partial charge is 0.306 e. The van der Waals surface area contributed by atoms with Crippen molar-refractivity contribution in [3.05, 3.63) is 77.7 Å². The van der Waals surface area contributed by atoms with E-state index in [0.29, 0.717) is 25.3 Å². The molecule has 3 aromatic rings. The highest BCUT2D eigenvalue weighted by Gasteiger charge is 2.32. The fraction of sp³-hybridized carbons (Fsp3) is 0.346. The second-order valence-corrected chi connectivity index (χ2v) is 8.17. The SMILES string of the molecule is CCOC(=O)C[C@H](c1ccc(F)cc1)C1CCN(C(=O)c2cccc3ncccc23)CC1. The fourth-order valence-electron chi connectivity index (χ4n) is 4.63. The third-order valence-electron chi connectivity index (χ3n) is 6.26. The summed E-state index contributed by atoms with van der Waals surface area (Å²) in [6, 6.07) is 15.7. The van der Waals surface area contributed by atoms with Crippen LogP contribution in [0.15, 0.2) is 60.8 Å². The summed E-state index contributed by atoms with van der Waals surface area (Å²) in [6.45, 7) is 3.35. The first-order valence-electron chi connectivity index (χ1n) is 11.1. The van der Waals surface area contributed by atoms with E-state index < -0.39 is 0 Å². The number of fused-ring (bicyclic) bond motifs is 1. The lowest BCUT2D eigenvalue weighted by molar-refractivity contribution is -0.144. The summed E-state index contributed by atoms with van der Waals surface area (Å²) in [7, 11) is 0. The Balaban J connectivity index is 1.49. The van der Waals surface area contributed by atoms with E-state index in [9.17, 15) is 14.0 Å². The van der Waals surface area contributed by atoms with Gasteiger partial charge in [-0.2, -0.15) is 0 Å². The molecular weight excluding hydrogens is 407 g/mol. The minimum absolute atomic E-state index is 0.00535. The number of rotatable bonds is 6. The van der Waals surface area contributed by atoms with Crippen molar-refractivity contribution in [3.8, 4) is 0 Å². The fourth-order valence-corrected chi connectivity index (χ4v) is 4.63. The molecule has 5 nitrogen and oxygen atoms in total. The van der Waals surface area contributed by atoms with Crippen LogP contribution in [0.2, 0.25) is 0 Å². The lowest BCUT2D eigenvalue weighted by Crippen LogP contribution is -2.40. The summed E-state index contributed by atoms with van der Waals surface area (Å²) in [6.07, 6.45) is 3.53. The molecule has 1 aliphatic rings. The summed E-state index contributed by atoms with van der Waals surface area (Å²) >= 11 is 0. The van der Waals surface area contributed by atoms with Gasteiger partial charge in [0, 0.05) is 30.2 Å². The molecule has 1 aliphatic heterocycles. The minimum atomic E-state index is -0.298.